The summed E-state index contributed by atoms with van der Waals surface area (Å²) in [4.78, 5) is 36.8. The predicted octanol–water partition coefficient (Wildman–Crippen LogP) is 2.48. The van der Waals surface area contributed by atoms with Gasteiger partial charge in [-0.05, 0) is 57.5 Å². The molecular weight excluding hydrogens is 412 g/mol. The molecule has 0 bridgehead atoms. The third-order valence-electron chi connectivity index (χ3n) is 5.11. The zero-order valence-corrected chi connectivity index (χ0v) is 20.0. The average Bonchev–Trinajstić information content (AvgIpc) is 2.75. The van der Waals surface area contributed by atoms with Gasteiger partial charge in [0.05, 0.1) is 6.67 Å². The third kappa shape index (κ3) is 11.2. The number of piperidine rings is 1. The number of thioether (sulfide) groups is 1. The highest BCUT2D eigenvalue weighted by atomic mass is 32.2. The lowest BCUT2D eigenvalue weighted by molar-refractivity contribution is -0.131. The van der Waals surface area contributed by atoms with Crippen molar-refractivity contribution in [2.75, 3.05) is 25.5 Å². The van der Waals surface area contributed by atoms with Gasteiger partial charge in [-0.25, -0.2) is 0 Å². The molecule has 0 radical (unpaired) electrons. The first-order chi connectivity index (χ1) is 14.9. The first-order valence-corrected chi connectivity index (χ1v) is 12.0. The van der Waals surface area contributed by atoms with Crippen molar-refractivity contribution in [3.63, 3.8) is 0 Å². The molecule has 31 heavy (non-hydrogen) atoms. The van der Waals surface area contributed by atoms with E-state index < -0.39 is 6.04 Å². The van der Waals surface area contributed by atoms with Crippen LogP contribution < -0.4 is 21.3 Å². The summed E-state index contributed by atoms with van der Waals surface area (Å²) in [5, 5.41) is 13.6. The largest absolute Gasteiger partial charge is 0.344 e. The van der Waals surface area contributed by atoms with Crippen molar-refractivity contribution >= 4 is 29.5 Å². The number of rotatable bonds is 12. The van der Waals surface area contributed by atoms with Gasteiger partial charge in [0.2, 0.25) is 17.7 Å². The minimum Gasteiger partial charge on any atom is -0.344 e. The van der Waals surface area contributed by atoms with Gasteiger partial charge >= 0.3 is 0 Å². The Hall–Kier alpha value is -2.06. The van der Waals surface area contributed by atoms with Crippen LogP contribution in [0.1, 0.15) is 47.0 Å². The van der Waals surface area contributed by atoms with Gasteiger partial charge in [0.1, 0.15) is 6.04 Å². The summed E-state index contributed by atoms with van der Waals surface area (Å²) in [5.41, 5.74) is 1.08. The first kappa shape index (κ1) is 27.0. The van der Waals surface area contributed by atoms with Gasteiger partial charge in [-0.3, -0.25) is 14.4 Å². The molecule has 1 fully saturated rings. The minimum absolute atomic E-state index is 0.0351. The standard InChI is InChI=1S/C23H38N4O3S/c1-5-7-13-31-15-20(17(3)8-6-2)14-21(23(30)26-16-25-18(4)28)27-22(29)19-9-11-24-12-10-19/h5-8,15,17,19,21,24H,9-14,16H2,1-4H3,(H,25,28)(H,26,30)(H,27,29)/b7-5-,8-6-,20-15-/t17?,21-/m1/s1. The Kier molecular flexibility index (Phi) is 13.7. The van der Waals surface area contributed by atoms with Crippen molar-refractivity contribution in [2.45, 2.75) is 53.0 Å². The Morgan fingerprint density at radius 3 is 2.45 bits per heavy atom. The molecule has 0 saturated carbocycles. The van der Waals surface area contributed by atoms with E-state index in [4.69, 9.17) is 0 Å². The summed E-state index contributed by atoms with van der Waals surface area (Å²) in [5.74, 6) is 0.302. The van der Waals surface area contributed by atoms with Crippen LogP contribution in [0.5, 0.6) is 0 Å². The molecule has 3 amide bonds. The zero-order chi connectivity index (χ0) is 23.1. The van der Waals surface area contributed by atoms with Gasteiger partial charge < -0.3 is 21.3 Å². The van der Waals surface area contributed by atoms with Crippen LogP contribution in [0.25, 0.3) is 0 Å². The van der Waals surface area contributed by atoms with Gasteiger partial charge in [-0.15, -0.1) is 11.8 Å². The fourth-order valence-electron chi connectivity index (χ4n) is 3.26. The first-order valence-electron chi connectivity index (χ1n) is 11.0. The van der Waals surface area contributed by atoms with Crippen molar-refractivity contribution in [3.8, 4) is 0 Å². The van der Waals surface area contributed by atoms with E-state index in [1.807, 2.05) is 26.0 Å². The molecule has 1 saturated heterocycles. The molecule has 0 spiro atoms. The lowest BCUT2D eigenvalue weighted by Gasteiger charge is -2.26. The van der Waals surface area contributed by atoms with Crippen LogP contribution in [-0.4, -0.2) is 49.3 Å². The fourth-order valence-corrected chi connectivity index (χ4v) is 4.18. The molecule has 1 aliphatic rings. The van der Waals surface area contributed by atoms with E-state index in [1.54, 1.807) is 11.8 Å². The van der Waals surface area contributed by atoms with Crippen LogP contribution >= 0.6 is 11.8 Å². The number of carbonyl (C=O) groups excluding carboxylic acids is 3. The van der Waals surface area contributed by atoms with Crippen molar-refractivity contribution in [1.82, 2.24) is 21.3 Å². The number of amides is 3. The SMILES string of the molecule is C/C=C\CS/C=C(/C[C@@H](NC(=O)C1CCNCC1)C(=O)NCNC(C)=O)C(C)/C=C\C. The molecule has 0 aliphatic carbocycles. The zero-order valence-electron chi connectivity index (χ0n) is 19.2. The van der Waals surface area contributed by atoms with Gasteiger partial charge in [0.25, 0.3) is 0 Å². The lowest BCUT2D eigenvalue weighted by atomic mass is 9.93. The van der Waals surface area contributed by atoms with Crippen LogP contribution in [0, 0.1) is 11.8 Å². The van der Waals surface area contributed by atoms with Crippen LogP contribution in [0.15, 0.2) is 35.3 Å². The van der Waals surface area contributed by atoms with Crippen LogP contribution in [-0.2, 0) is 14.4 Å². The van der Waals surface area contributed by atoms with E-state index in [9.17, 15) is 14.4 Å². The summed E-state index contributed by atoms with van der Waals surface area (Å²) in [6.07, 6.45) is 10.1. The second-order valence-corrected chi connectivity index (χ2v) is 8.55. The fraction of sp³-hybridized carbons (Fsp3) is 0.609. The van der Waals surface area contributed by atoms with Crippen molar-refractivity contribution in [2.24, 2.45) is 11.8 Å². The normalized spacial score (nSPS) is 17.5. The monoisotopic (exact) mass is 450 g/mol. The summed E-state index contributed by atoms with van der Waals surface area (Å²) in [7, 11) is 0. The Balaban J connectivity index is 2.96. The molecule has 1 aliphatic heterocycles. The predicted molar refractivity (Wildman–Crippen MR) is 128 cm³/mol. The highest BCUT2D eigenvalue weighted by molar-refractivity contribution is 8.02. The molecule has 174 valence electrons. The summed E-state index contributed by atoms with van der Waals surface area (Å²) in [6.45, 7) is 9.09. The Morgan fingerprint density at radius 2 is 1.84 bits per heavy atom. The highest BCUT2D eigenvalue weighted by Crippen LogP contribution is 2.23. The maximum atomic E-state index is 12.9. The molecule has 0 aromatic heterocycles. The Bertz CT molecular complexity index is 670. The maximum absolute atomic E-state index is 12.9. The number of allylic oxidation sites excluding steroid dienone is 3. The van der Waals surface area contributed by atoms with Crippen molar-refractivity contribution < 1.29 is 14.4 Å². The second-order valence-electron chi connectivity index (χ2n) is 7.65. The van der Waals surface area contributed by atoms with E-state index in [-0.39, 0.29) is 36.2 Å². The number of hydrogen-bond acceptors (Lipinski definition) is 5. The van der Waals surface area contributed by atoms with E-state index >= 15 is 0 Å². The van der Waals surface area contributed by atoms with E-state index in [2.05, 4.69) is 45.8 Å². The van der Waals surface area contributed by atoms with E-state index in [0.29, 0.717) is 6.42 Å². The molecule has 0 aromatic carbocycles. The van der Waals surface area contributed by atoms with Crippen molar-refractivity contribution in [1.29, 1.82) is 0 Å². The van der Waals surface area contributed by atoms with Gasteiger partial charge in [0.15, 0.2) is 0 Å². The molecule has 8 heteroatoms. The number of hydrogen-bond donors (Lipinski definition) is 4. The quantitative estimate of drug-likeness (QED) is 0.208. The smallest absolute Gasteiger partial charge is 0.244 e. The molecular formula is C23H38N4O3S. The Morgan fingerprint density at radius 1 is 1.13 bits per heavy atom. The third-order valence-corrected chi connectivity index (χ3v) is 5.97. The topological polar surface area (TPSA) is 99.3 Å². The summed E-state index contributed by atoms with van der Waals surface area (Å²) < 4.78 is 0. The van der Waals surface area contributed by atoms with E-state index in [0.717, 1.165) is 37.3 Å². The molecule has 7 nitrogen and oxygen atoms in total. The molecule has 1 rings (SSSR count). The molecule has 2 atom stereocenters. The van der Waals surface area contributed by atoms with Crippen LogP contribution in [0.3, 0.4) is 0 Å². The number of carbonyl (C=O) groups is 3. The van der Waals surface area contributed by atoms with Gasteiger partial charge in [-0.2, -0.15) is 0 Å². The van der Waals surface area contributed by atoms with Crippen LogP contribution in [0.4, 0.5) is 0 Å². The summed E-state index contributed by atoms with van der Waals surface area (Å²) >= 11 is 1.67. The summed E-state index contributed by atoms with van der Waals surface area (Å²) in [6, 6.07) is -0.697. The molecule has 0 aromatic rings. The molecule has 1 heterocycles. The molecule has 1 unspecified atom stereocenters. The maximum Gasteiger partial charge on any atom is 0.244 e. The average molecular weight is 451 g/mol. The highest BCUT2D eigenvalue weighted by Gasteiger charge is 2.28. The van der Waals surface area contributed by atoms with E-state index in [1.165, 1.54) is 6.92 Å². The Labute approximate surface area is 191 Å². The second kappa shape index (κ2) is 15.7. The number of nitrogens with one attached hydrogen (secondary N) is 4. The van der Waals surface area contributed by atoms with Gasteiger partial charge in [0, 0.05) is 18.6 Å². The van der Waals surface area contributed by atoms with Crippen molar-refractivity contribution in [3.05, 3.63) is 35.3 Å². The van der Waals surface area contributed by atoms with Gasteiger partial charge in [-0.1, -0.05) is 36.8 Å². The molecule has 4 N–H and O–H groups in total. The lowest BCUT2D eigenvalue weighted by Crippen LogP contribution is -2.51. The van der Waals surface area contributed by atoms with Crippen LogP contribution in [0.2, 0.25) is 0 Å². The minimum atomic E-state index is -0.697.